The lowest BCUT2D eigenvalue weighted by molar-refractivity contribution is -0.143. The van der Waals surface area contributed by atoms with Gasteiger partial charge in [0.1, 0.15) is 0 Å². The molecule has 7 heteroatoms. The predicted octanol–water partition coefficient (Wildman–Crippen LogP) is -0.197. The highest BCUT2D eigenvalue weighted by Gasteiger charge is 2.27. The summed E-state index contributed by atoms with van der Waals surface area (Å²) in [5, 5.41) is 13.9. The lowest BCUT2D eigenvalue weighted by Crippen LogP contribution is -2.50. The zero-order valence-corrected chi connectivity index (χ0v) is 10.3. The van der Waals surface area contributed by atoms with Crippen LogP contribution in [0.1, 0.15) is 32.6 Å². The average Bonchev–Trinajstić information content (AvgIpc) is 2.28. The van der Waals surface area contributed by atoms with Crippen LogP contribution in [0.3, 0.4) is 0 Å². The lowest BCUT2D eigenvalue weighted by atomic mass is 9.86. The number of carbonyl (C=O) groups is 3. The van der Waals surface area contributed by atoms with Gasteiger partial charge >= 0.3 is 12.0 Å². The molecule has 0 heterocycles. The zero-order chi connectivity index (χ0) is 13.7. The zero-order valence-electron chi connectivity index (χ0n) is 10.3. The van der Waals surface area contributed by atoms with E-state index >= 15 is 0 Å². The first-order valence-electron chi connectivity index (χ1n) is 5.99. The Bertz CT molecular complexity index is 337. The molecule has 1 saturated carbocycles. The Morgan fingerprint density at radius 3 is 2.22 bits per heavy atom. The molecule has 0 aromatic carbocycles. The minimum absolute atomic E-state index is 0.106. The van der Waals surface area contributed by atoms with E-state index in [9.17, 15) is 14.4 Å². The Hall–Kier alpha value is -1.63. The molecule has 0 radical (unpaired) electrons. The molecular formula is C11H19N3O4. The standard InChI is InChI=1S/C11H19N3O4/c1-6(9(15)14-11(12)18)13-8-4-2-7(3-5-8)10(16)17/h6-8,13H,2-5H2,1H3,(H,16,17)(H3,12,14,15,18). The molecule has 102 valence electrons. The fourth-order valence-corrected chi connectivity index (χ4v) is 2.17. The summed E-state index contributed by atoms with van der Waals surface area (Å²) in [7, 11) is 0. The number of carbonyl (C=O) groups excluding carboxylic acids is 2. The molecule has 0 aromatic rings. The molecule has 18 heavy (non-hydrogen) atoms. The van der Waals surface area contributed by atoms with Crippen molar-refractivity contribution in [2.75, 3.05) is 0 Å². The van der Waals surface area contributed by atoms with Crippen LogP contribution < -0.4 is 16.4 Å². The van der Waals surface area contributed by atoms with E-state index in [1.165, 1.54) is 0 Å². The molecule has 0 bridgehead atoms. The van der Waals surface area contributed by atoms with Gasteiger partial charge in [-0.1, -0.05) is 0 Å². The molecule has 0 spiro atoms. The summed E-state index contributed by atoms with van der Waals surface area (Å²) in [6, 6.07) is -1.29. The number of imide groups is 1. The number of carboxylic acids is 1. The Labute approximate surface area is 105 Å². The van der Waals surface area contributed by atoms with Crippen LogP contribution in [-0.4, -0.2) is 35.1 Å². The highest BCUT2D eigenvalue weighted by molar-refractivity contribution is 5.96. The molecular weight excluding hydrogens is 238 g/mol. The number of amides is 3. The van der Waals surface area contributed by atoms with Gasteiger partial charge in [-0.2, -0.15) is 0 Å². The maximum atomic E-state index is 11.4. The van der Waals surface area contributed by atoms with E-state index in [4.69, 9.17) is 10.8 Å². The van der Waals surface area contributed by atoms with Gasteiger partial charge in [-0.15, -0.1) is 0 Å². The van der Waals surface area contributed by atoms with E-state index in [0.29, 0.717) is 25.7 Å². The molecule has 0 aliphatic heterocycles. The van der Waals surface area contributed by atoms with E-state index in [1.54, 1.807) is 6.92 Å². The Morgan fingerprint density at radius 2 is 1.78 bits per heavy atom. The molecule has 0 saturated heterocycles. The number of carboxylic acid groups (broad SMARTS) is 1. The summed E-state index contributed by atoms with van der Waals surface area (Å²) < 4.78 is 0. The molecule has 1 rings (SSSR count). The quantitative estimate of drug-likeness (QED) is 0.555. The minimum atomic E-state index is -0.872. The van der Waals surface area contributed by atoms with Crippen molar-refractivity contribution >= 4 is 17.9 Å². The fraction of sp³-hybridized carbons (Fsp3) is 0.727. The third-order valence-electron chi connectivity index (χ3n) is 3.20. The van der Waals surface area contributed by atoms with Crippen LogP contribution in [0.15, 0.2) is 0 Å². The third-order valence-corrected chi connectivity index (χ3v) is 3.20. The van der Waals surface area contributed by atoms with Gasteiger partial charge in [-0.05, 0) is 32.6 Å². The van der Waals surface area contributed by atoms with Gasteiger partial charge in [0.25, 0.3) is 0 Å². The fourth-order valence-electron chi connectivity index (χ4n) is 2.17. The normalized spacial score (nSPS) is 25.2. The van der Waals surface area contributed by atoms with E-state index in [-0.39, 0.29) is 12.0 Å². The molecule has 5 N–H and O–H groups in total. The van der Waals surface area contributed by atoms with Crippen molar-refractivity contribution < 1.29 is 19.5 Å². The number of nitrogens with two attached hydrogens (primary N) is 1. The minimum Gasteiger partial charge on any atom is -0.481 e. The van der Waals surface area contributed by atoms with Crippen molar-refractivity contribution in [1.29, 1.82) is 0 Å². The van der Waals surface area contributed by atoms with Crippen LogP contribution in [0, 0.1) is 5.92 Å². The van der Waals surface area contributed by atoms with Crippen molar-refractivity contribution in [2.24, 2.45) is 11.7 Å². The SMILES string of the molecule is CC(NC1CCC(C(=O)O)CC1)C(=O)NC(N)=O. The topological polar surface area (TPSA) is 122 Å². The van der Waals surface area contributed by atoms with Crippen LogP contribution in [0.5, 0.6) is 0 Å². The monoisotopic (exact) mass is 257 g/mol. The van der Waals surface area contributed by atoms with Gasteiger partial charge in [-0.25, -0.2) is 4.79 Å². The van der Waals surface area contributed by atoms with Gasteiger partial charge in [0.2, 0.25) is 5.91 Å². The summed E-state index contributed by atoms with van der Waals surface area (Å²) in [4.78, 5) is 32.7. The Morgan fingerprint density at radius 1 is 1.22 bits per heavy atom. The third kappa shape index (κ3) is 4.33. The summed E-state index contributed by atoms with van der Waals surface area (Å²) in [6.45, 7) is 1.64. The maximum absolute atomic E-state index is 11.4. The van der Waals surface area contributed by atoms with E-state index in [0.717, 1.165) is 0 Å². The van der Waals surface area contributed by atoms with Crippen LogP contribution >= 0.6 is 0 Å². The first-order valence-corrected chi connectivity index (χ1v) is 5.99. The van der Waals surface area contributed by atoms with Crippen molar-refractivity contribution in [3.05, 3.63) is 0 Å². The molecule has 1 aliphatic rings. The molecule has 1 fully saturated rings. The van der Waals surface area contributed by atoms with E-state index in [1.807, 2.05) is 5.32 Å². The summed E-state index contributed by atoms with van der Waals surface area (Å²) >= 11 is 0. The van der Waals surface area contributed by atoms with Crippen molar-refractivity contribution in [1.82, 2.24) is 10.6 Å². The Kier molecular flexibility index (Phi) is 5.08. The van der Waals surface area contributed by atoms with Crippen molar-refractivity contribution in [2.45, 2.75) is 44.7 Å². The first kappa shape index (κ1) is 14.4. The number of primary amides is 1. The number of urea groups is 1. The highest BCUT2D eigenvalue weighted by Crippen LogP contribution is 2.24. The van der Waals surface area contributed by atoms with Crippen LogP contribution in [0.25, 0.3) is 0 Å². The number of hydrogen-bond donors (Lipinski definition) is 4. The first-order chi connectivity index (χ1) is 8.40. The van der Waals surface area contributed by atoms with Crippen LogP contribution in [-0.2, 0) is 9.59 Å². The number of aliphatic carboxylic acids is 1. The molecule has 1 aliphatic carbocycles. The number of hydrogen-bond acceptors (Lipinski definition) is 4. The summed E-state index contributed by atoms with van der Waals surface area (Å²) in [6.07, 6.45) is 2.64. The van der Waals surface area contributed by atoms with Gasteiger partial charge < -0.3 is 16.2 Å². The second-order valence-corrected chi connectivity index (χ2v) is 4.63. The van der Waals surface area contributed by atoms with Gasteiger partial charge in [-0.3, -0.25) is 14.9 Å². The lowest BCUT2D eigenvalue weighted by Gasteiger charge is -2.28. The second-order valence-electron chi connectivity index (χ2n) is 4.63. The molecule has 1 unspecified atom stereocenters. The predicted molar refractivity (Wildman–Crippen MR) is 63.7 cm³/mol. The molecule has 1 atom stereocenters. The van der Waals surface area contributed by atoms with Gasteiger partial charge in [0.05, 0.1) is 12.0 Å². The van der Waals surface area contributed by atoms with Crippen molar-refractivity contribution in [3.8, 4) is 0 Å². The number of rotatable bonds is 4. The molecule has 3 amide bonds. The molecule has 0 aromatic heterocycles. The smallest absolute Gasteiger partial charge is 0.318 e. The largest absolute Gasteiger partial charge is 0.481 e. The maximum Gasteiger partial charge on any atom is 0.318 e. The van der Waals surface area contributed by atoms with Crippen LogP contribution in [0.2, 0.25) is 0 Å². The van der Waals surface area contributed by atoms with Crippen molar-refractivity contribution in [3.63, 3.8) is 0 Å². The van der Waals surface area contributed by atoms with Gasteiger partial charge in [0, 0.05) is 6.04 Å². The van der Waals surface area contributed by atoms with E-state index < -0.39 is 23.9 Å². The highest BCUT2D eigenvalue weighted by atomic mass is 16.4. The summed E-state index contributed by atoms with van der Waals surface area (Å²) in [5.41, 5.74) is 4.85. The van der Waals surface area contributed by atoms with E-state index in [2.05, 4.69) is 5.32 Å². The van der Waals surface area contributed by atoms with Gasteiger partial charge in [0.15, 0.2) is 0 Å². The second kappa shape index (κ2) is 6.34. The number of nitrogens with one attached hydrogen (secondary N) is 2. The van der Waals surface area contributed by atoms with Crippen LogP contribution in [0.4, 0.5) is 4.79 Å². The average molecular weight is 257 g/mol. The summed E-state index contributed by atoms with van der Waals surface area (Å²) in [5.74, 6) is -1.51. The Balaban J connectivity index is 2.34. The molecule has 7 nitrogen and oxygen atoms in total.